The minimum absolute atomic E-state index is 0.0515. The third-order valence-corrected chi connectivity index (χ3v) is 3.21. The SMILES string of the molecule is CC(C)(CCCCl)CNC(=O)c1cc(O)ccc1O. The van der Waals surface area contributed by atoms with Crippen molar-refractivity contribution in [1.82, 2.24) is 5.32 Å². The summed E-state index contributed by atoms with van der Waals surface area (Å²) in [6.07, 6.45) is 1.80. The molecule has 4 nitrogen and oxygen atoms in total. The Morgan fingerprint density at radius 3 is 2.68 bits per heavy atom. The van der Waals surface area contributed by atoms with Crippen molar-refractivity contribution >= 4 is 17.5 Å². The molecule has 1 aromatic carbocycles. The van der Waals surface area contributed by atoms with Crippen LogP contribution < -0.4 is 5.32 Å². The maximum absolute atomic E-state index is 11.9. The van der Waals surface area contributed by atoms with Crippen molar-refractivity contribution in [2.75, 3.05) is 12.4 Å². The third-order valence-electron chi connectivity index (χ3n) is 2.94. The molecular weight excluding hydrogens is 266 g/mol. The summed E-state index contributed by atoms with van der Waals surface area (Å²) in [6, 6.07) is 3.87. The highest BCUT2D eigenvalue weighted by Gasteiger charge is 2.20. The van der Waals surface area contributed by atoms with E-state index in [0.29, 0.717) is 12.4 Å². The predicted molar refractivity (Wildman–Crippen MR) is 75.8 cm³/mol. The second-order valence-corrected chi connectivity index (χ2v) is 5.72. The van der Waals surface area contributed by atoms with E-state index in [9.17, 15) is 15.0 Å². The molecule has 0 radical (unpaired) electrons. The number of carbonyl (C=O) groups excluding carboxylic acids is 1. The molecule has 0 atom stereocenters. The number of phenols is 2. The first-order valence-electron chi connectivity index (χ1n) is 6.22. The molecule has 1 rings (SSSR count). The van der Waals surface area contributed by atoms with Crippen LogP contribution in [-0.4, -0.2) is 28.5 Å². The van der Waals surface area contributed by atoms with Crippen LogP contribution in [0.1, 0.15) is 37.0 Å². The van der Waals surface area contributed by atoms with Crippen LogP contribution in [0.3, 0.4) is 0 Å². The van der Waals surface area contributed by atoms with Gasteiger partial charge in [0.15, 0.2) is 0 Å². The Labute approximate surface area is 118 Å². The van der Waals surface area contributed by atoms with Crippen molar-refractivity contribution in [3.05, 3.63) is 23.8 Å². The van der Waals surface area contributed by atoms with E-state index < -0.39 is 5.91 Å². The van der Waals surface area contributed by atoms with Crippen LogP contribution in [0.5, 0.6) is 11.5 Å². The minimum atomic E-state index is -0.396. The summed E-state index contributed by atoms with van der Waals surface area (Å²) in [5.41, 5.74) is 0.0184. The van der Waals surface area contributed by atoms with E-state index in [1.165, 1.54) is 18.2 Å². The molecule has 0 unspecified atom stereocenters. The van der Waals surface area contributed by atoms with Gasteiger partial charge in [-0.2, -0.15) is 0 Å². The molecule has 3 N–H and O–H groups in total. The topological polar surface area (TPSA) is 69.6 Å². The van der Waals surface area contributed by atoms with Gasteiger partial charge in [-0.3, -0.25) is 4.79 Å². The first-order chi connectivity index (χ1) is 8.85. The number of hydrogen-bond acceptors (Lipinski definition) is 3. The average molecular weight is 286 g/mol. The number of aromatic hydroxyl groups is 2. The molecular formula is C14H20ClNO3. The summed E-state index contributed by atoms with van der Waals surface area (Å²) in [7, 11) is 0. The fourth-order valence-corrected chi connectivity index (χ4v) is 1.89. The Morgan fingerprint density at radius 1 is 1.37 bits per heavy atom. The van der Waals surface area contributed by atoms with Crippen LogP contribution in [0, 0.1) is 5.41 Å². The zero-order valence-electron chi connectivity index (χ0n) is 11.2. The van der Waals surface area contributed by atoms with E-state index in [4.69, 9.17) is 11.6 Å². The van der Waals surface area contributed by atoms with Crippen molar-refractivity contribution < 1.29 is 15.0 Å². The van der Waals surface area contributed by atoms with E-state index >= 15 is 0 Å². The molecule has 1 amide bonds. The average Bonchev–Trinajstić information content (AvgIpc) is 2.36. The maximum atomic E-state index is 11.9. The van der Waals surface area contributed by atoms with E-state index in [1.54, 1.807) is 0 Å². The van der Waals surface area contributed by atoms with Gasteiger partial charge in [0.2, 0.25) is 0 Å². The van der Waals surface area contributed by atoms with Crippen molar-refractivity contribution in [3.63, 3.8) is 0 Å². The highest BCUT2D eigenvalue weighted by molar-refractivity contribution is 6.17. The lowest BCUT2D eigenvalue weighted by atomic mass is 9.88. The molecule has 0 saturated carbocycles. The molecule has 106 valence electrons. The quantitative estimate of drug-likeness (QED) is 0.556. The molecule has 1 aromatic rings. The number of benzene rings is 1. The molecule has 5 heteroatoms. The zero-order chi connectivity index (χ0) is 14.5. The molecule has 0 fully saturated rings. The lowest BCUT2D eigenvalue weighted by Crippen LogP contribution is -2.34. The lowest BCUT2D eigenvalue weighted by molar-refractivity contribution is 0.0931. The molecule has 0 aromatic heterocycles. The van der Waals surface area contributed by atoms with Gasteiger partial charge in [0.05, 0.1) is 5.56 Å². The normalized spacial score (nSPS) is 11.3. The van der Waals surface area contributed by atoms with Crippen LogP contribution in [0.25, 0.3) is 0 Å². The molecule has 0 aliphatic rings. The highest BCUT2D eigenvalue weighted by atomic mass is 35.5. The summed E-state index contributed by atoms with van der Waals surface area (Å²) in [5, 5.41) is 21.7. The number of carbonyl (C=O) groups is 1. The number of halogens is 1. The molecule has 19 heavy (non-hydrogen) atoms. The van der Waals surface area contributed by atoms with Gasteiger partial charge in [-0.25, -0.2) is 0 Å². The van der Waals surface area contributed by atoms with E-state index in [1.807, 2.05) is 13.8 Å². The Morgan fingerprint density at radius 2 is 2.05 bits per heavy atom. The largest absolute Gasteiger partial charge is 0.508 e. The Balaban J connectivity index is 2.62. The first-order valence-corrected chi connectivity index (χ1v) is 6.75. The fraction of sp³-hybridized carbons (Fsp3) is 0.500. The van der Waals surface area contributed by atoms with Gasteiger partial charge in [-0.1, -0.05) is 13.8 Å². The first kappa shape index (κ1) is 15.6. The summed E-state index contributed by atoms with van der Waals surface area (Å²) < 4.78 is 0. The van der Waals surface area contributed by atoms with Crippen molar-refractivity contribution in [2.45, 2.75) is 26.7 Å². The fourth-order valence-electron chi connectivity index (χ4n) is 1.75. The number of alkyl halides is 1. The predicted octanol–water partition coefficient (Wildman–Crippen LogP) is 2.87. The van der Waals surface area contributed by atoms with Crippen molar-refractivity contribution in [1.29, 1.82) is 0 Å². The smallest absolute Gasteiger partial charge is 0.255 e. The number of phenolic OH excluding ortho intramolecular Hbond substituents is 2. The van der Waals surface area contributed by atoms with E-state index in [2.05, 4.69) is 5.32 Å². The molecule has 0 aliphatic carbocycles. The van der Waals surface area contributed by atoms with Gasteiger partial charge in [0.1, 0.15) is 11.5 Å². The van der Waals surface area contributed by atoms with Gasteiger partial charge in [-0.15, -0.1) is 11.6 Å². The van der Waals surface area contributed by atoms with Crippen LogP contribution in [0.4, 0.5) is 0 Å². The Bertz CT molecular complexity index is 446. The summed E-state index contributed by atoms with van der Waals surface area (Å²) >= 11 is 5.66. The minimum Gasteiger partial charge on any atom is -0.508 e. The second kappa shape index (κ2) is 6.66. The van der Waals surface area contributed by atoms with Gasteiger partial charge in [0, 0.05) is 12.4 Å². The summed E-state index contributed by atoms with van der Waals surface area (Å²) in [6.45, 7) is 4.57. The van der Waals surface area contributed by atoms with Crippen LogP contribution in [0.2, 0.25) is 0 Å². The molecule has 0 saturated heterocycles. The summed E-state index contributed by atoms with van der Waals surface area (Å²) in [4.78, 5) is 11.9. The maximum Gasteiger partial charge on any atom is 0.255 e. The van der Waals surface area contributed by atoms with Crippen LogP contribution in [0.15, 0.2) is 18.2 Å². The lowest BCUT2D eigenvalue weighted by Gasteiger charge is -2.24. The third kappa shape index (κ3) is 4.99. The van der Waals surface area contributed by atoms with Crippen LogP contribution >= 0.6 is 11.6 Å². The van der Waals surface area contributed by atoms with Gasteiger partial charge in [-0.05, 0) is 36.5 Å². The number of nitrogens with one attached hydrogen (secondary N) is 1. The van der Waals surface area contributed by atoms with E-state index in [0.717, 1.165) is 12.8 Å². The van der Waals surface area contributed by atoms with Gasteiger partial charge < -0.3 is 15.5 Å². The highest BCUT2D eigenvalue weighted by Crippen LogP contribution is 2.24. The molecule has 0 spiro atoms. The van der Waals surface area contributed by atoms with Crippen LogP contribution in [-0.2, 0) is 0 Å². The molecule has 0 bridgehead atoms. The Hall–Kier alpha value is -1.42. The molecule has 0 aliphatic heterocycles. The van der Waals surface area contributed by atoms with Gasteiger partial charge >= 0.3 is 0 Å². The zero-order valence-corrected chi connectivity index (χ0v) is 12.0. The van der Waals surface area contributed by atoms with Gasteiger partial charge in [0.25, 0.3) is 5.91 Å². The molecule has 0 heterocycles. The second-order valence-electron chi connectivity index (χ2n) is 5.34. The number of amides is 1. The van der Waals surface area contributed by atoms with Crippen molar-refractivity contribution in [3.8, 4) is 11.5 Å². The number of hydrogen-bond donors (Lipinski definition) is 3. The summed E-state index contributed by atoms with van der Waals surface area (Å²) in [5.74, 6) is 0.00984. The monoisotopic (exact) mass is 285 g/mol. The number of rotatable bonds is 6. The van der Waals surface area contributed by atoms with E-state index in [-0.39, 0.29) is 22.5 Å². The van der Waals surface area contributed by atoms with Crippen molar-refractivity contribution in [2.24, 2.45) is 5.41 Å². The Kier molecular flexibility index (Phi) is 5.48. The standard InChI is InChI=1S/C14H20ClNO3/c1-14(2,6-3-7-15)9-16-13(19)11-8-10(17)4-5-12(11)18/h4-5,8,17-18H,3,6-7,9H2,1-2H3,(H,16,19).